The van der Waals surface area contributed by atoms with Crippen LogP contribution in [-0.2, 0) is 4.79 Å². The highest BCUT2D eigenvalue weighted by atomic mass is 16.6. The molecule has 1 aromatic carbocycles. The number of carbonyl (C=O) groups excluding carboxylic acids is 1. The van der Waals surface area contributed by atoms with Gasteiger partial charge in [-0.15, -0.1) is 0 Å². The second kappa shape index (κ2) is 6.76. The van der Waals surface area contributed by atoms with Crippen molar-refractivity contribution in [3.63, 3.8) is 0 Å². The molecule has 0 aliphatic carbocycles. The quantitative estimate of drug-likeness (QED) is 0.622. The van der Waals surface area contributed by atoms with Crippen LogP contribution in [-0.4, -0.2) is 66.4 Å². The minimum Gasteiger partial charge on any atom is -0.360 e. The van der Waals surface area contributed by atoms with Gasteiger partial charge >= 0.3 is 0 Å². The van der Waals surface area contributed by atoms with Crippen LogP contribution in [0.5, 0.6) is 0 Å². The van der Waals surface area contributed by atoms with Crippen LogP contribution in [0, 0.1) is 17.0 Å². The van der Waals surface area contributed by atoms with E-state index >= 15 is 0 Å². The molecule has 2 saturated heterocycles. The van der Waals surface area contributed by atoms with Gasteiger partial charge in [0.05, 0.1) is 4.92 Å². The Hall–Kier alpha value is -2.15. The summed E-state index contributed by atoms with van der Waals surface area (Å²) >= 11 is 0. The highest BCUT2D eigenvalue weighted by Gasteiger charge is 2.35. The van der Waals surface area contributed by atoms with Crippen LogP contribution in [0.15, 0.2) is 18.2 Å². The number of nitro groups is 1. The lowest BCUT2D eigenvalue weighted by atomic mass is 10.1. The first-order chi connectivity index (χ1) is 11.5. The first-order valence-electron chi connectivity index (χ1n) is 8.46. The van der Waals surface area contributed by atoms with Crippen molar-refractivity contribution in [1.29, 1.82) is 0 Å². The van der Waals surface area contributed by atoms with Crippen molar-refractivity contribution in [2.45, 2.75) is 25.8 Å². The van der Waals surface area contributed by atoms with E-state index < -0.39 is 0 Å². The molecule has 0 bridgehead atoms. The van der Waals surface area contributed by atoms with E-state index in [4.69, 9.17) is 0 Å². The average molecular weight is 332 g/mol. The Morgan fingerprint density at radius 1 is 1.21 bits per heavy atom. The molecule has 1 aromatic rings. The number of rotatable bonds is 3. The maximum atomic E-state index is 12.9. The van der Waals surface area contributed by atoms with Gasteiger partial charge in [-0.3, -0.25) is 14.9 Å². The molecule has 7 heteroatoms. The lowest BCUT2D eigenvalue weighted by Crippen LogP contribution is -2.53. The van der Waals surface area contributed by atoms with E-state index in [1.807, 2.05) is 11.0 Å². The van der Waals surface area contributed by atoms with Gasteiger partial charge in [-0.2, -0.15) is 0 Å². The SMILES string of the molecule is Cc1cc(N2CCCC2C(=O)N2CCN(C)CC2)ccc1[N+](=O)[O-]. The largest absolute Gasteiger partial charge is 0.360 e. The maximum Gasteiger partial charge on any atom is 0.272 e. The van der Waals surface area contributed by atoms with Crippen LogP contribution in [0.25, 0.3) is 0 Å². The molecule has 2 fully saturated rings. The summed E-state index contributed by atoms with van der Waals surface area (Å²) in [6.45, 7) is 5.94. The zero-order valence-corrected chi connectivity index (χ0v) is 14.3. The molecule has 2 aliphatic rings. The van der Waals surface area contributed by atoms with Gasteiger partial charge in [0.1, 0.15) is 6.04 Å². The molecule has 0 aromatic heterocycles. The molecule has 2 heterocycles. The number of aryl methyl sites for hydroxylation is 1. The first kappa shape index (κ1) is 16.7. The molecule has 2 aliphatic heterocycles. The van der Waals surface area contributed by atoms with Crippen molar-refractivity contribution < 1.29 is 9.72 Å². The number of anilines is 1. The molecular formula is C17H24N4O3. The number of amides is 1. The molecule has 1 atom stereocenters. The molecule has 1 unspecified atom stereocenters. The Kier molecular flexibility index (Phi) is 4.71. The molecule has 0 spiro atoms. The van der Waals surface area contributed by atoms with Crippen molar-refractivity contribution in [2.24, 2.45) is 0 Å². The molecule has 0 N–H and O–H groups in total. The highest BCUT2D eigenvalue weighted by molar-refractivity contribution is 5.86. The van der Waals surface area contributed by atoms with Crippen LogP contribution in [0.3, 0.4) is 0 Å². The van der Waals surface area contributed by atoms with Gasteiger partial charge in [-0.1, -0.05) is 0 Å². The summed E-state index contributed by atoms with van der Waals surface area (Å²) in [5.41, 5.74) is 1.66. The maximum absolute atomic E-state index is 12.9. The molecule has 1 amide bonds. The van der Waals surface area contributed by atoms with Gasteiger partial charge in [0.2, 0.25) is 5.91 Å². The Morgan fingerprint density at radius 2 is 1.92 bits per heavy atom. The van der Waals surface area contributed by atoms with Crippen molar-refractivity contribution >= 4 is 17.3 Å². The Bertz CT molecular complexity index is 641. The number of nitro benzene ring substituents is 1. The predicted octanol–water partition coefficient (Wildman–Crippen LogP) is 1.65. The zero-order chi connectivity index (χ0) is 17.3. The predicted molar refractivity (Wildman–Crippen MR) is 92.3 cm³/mol. The molecule has 7 nitrogen and oxygen atoms in total. The number of benzene rings is 1. The third-order valence-corrected chi connectivity index (χ3v) is 5.06. The smallest absolute Gasteiger partial charge is 0.272 e. The monoisotopic (exact) mass is 332 g/mol. The molecule has 130 valence electrons. The van der Waals surface area contributed by atoms with Crippen LogP contribution in [0.4, 0.5) is 11.4 Å². The third kappa shape index (κ3) is 3.21. The third-order valence-electron chi connectivity index (χ3n) is 5.06. The van der Waals surface area contributed by atoms with E-state index in [-0.39, 0.29) is 22.6 Å². The van der Waals surface area contributed by atoms with Crippen molar-refractivity contribution in [3.05, 3.63) is 33.9 Å². The second-order valence-corrected chi connectivity index (χ2v) is 6.71. The summed E-state index contributed by atoms with van der Waals surface area (Å²) in [6, 6.07) is 4.99. The van der Waals surface area contributed by atoms with Gasteiger partial charge in [0, 0.05) is 50.0 Å². The fourth-order valence-electron chi connectivity index (χ4n) is 3.59. The van der Waals surface area contributed by atoms with E-state index in [9.17, 15) is 14.9 Å². The molecular weight excluding hydrogens is 308 g/mol. The molecule has 0 saturated carbocycles. The second-order valence-electron chi connectivity index (χ2n) is 6.71. The van der Waals surface area contributed by atoms with E-state index in [1.165, 1.54) is 0 Å². The lowest BCUT2D eigenvalue weighted by molar-refractivity contribution is -0.385. The Labute approximate surface area is 142 Å². The summed E-state index contributed by atoms with van der Waals surface area (Å²) in [5, 5.41) is 11.0. The topological polar surface area (TPSA) is 69.9 Å². The van der Waals surface area contributed by atoms with E-state index in [2.05, 4.69) is 16.8 Å². The van der Waals surface area contributed by atoms with Crippen LogP contribution in [0.1, 0.15) is 18.4 Å². The fraction of sp³-hybridized carbons (Fsp3) is 0.588. The number of piperazine rings is 1. The van der Waals surface area contributed by atoms with Gasteiger partial charge in [-0.25, -0.2) is 0 Å². The summed E-state index contributed by atoms with van der Waals surface area (Å²) in [6.07, 6.45) is 1.82. The Morgan fingerprint density at radius 3 is 2.54 bits per heavy atom. The van der Waals surface area contributed by atoms with E-state index in [0.29, 0.717) is 5.56 Å². The van der Waals surface area contributed by atoms with Crippen LogP contribution in [0.2, 0.25) is 0 Å². The zero-order valence-electron chi connectivity index (χ0n) is 14.3. The van der Waals surface area contributed by atoms with Crippen molar-refractivity contribution in [2.75, 3.05) is 44.7 Å². The molecule has 0 radical (unpaired) electrons. The Balaban J connectivity index is 1.77. The van der Waals surface area contributed by atoms with Gasteiger partial charge < -0.3 is 14.7 Å². The molecule has 24 heavy (non-hydrogen) atoms. The van der Waals surface area contributed by atoms with Crippen molar-refractivity contribution in [3.8, 4) is 0 Å². The van der Waals surface area contributed by atoms with Gasteiger partial charge in [0.25, 0.3) is 5.69 Å². The van der Waals surface area contributed by atoms with E-state index in [0.717, 1.165) is 51.3 Å². The highest BCUT2D eigenvalue weighted by Crippen LogP contribution is 2.30. The first-order valence-corrected chi connectivity index (χ1v) is 8.46. The fourth-order valence-corrected chi connectivity index (χ4v) is 3.59. The number of nitrogens with zero attached hydrogens (tertiary/aromatic N) is 4. The summed E-state index contributed by atoms with van der Waals surface area (Å²) < 4.78 is 0. The van der Waals surface area contributed by atoms with Crippen molar-refractivity contribution in [1.82, 2.24) is 9.80 Å². The number of carbonyl (C=O) groups is 1. The lowest BCUT2D eigenvalue weighted by Gasteiger charge is -2.36. The average Bonchev–Trinajstić information content (AvgIpc) is 3.04. The van der Waals surface area contributed by atoms with E-state index in [1.54, 1.807) is 19.1 Å². The summed E-state index contributed by atoms with van der Waals surface area (Å²) in [5.74, 6) is 0.191. The van der Waals surface area contributed by atoms with Crippen LogP contribution >= 0.6 is 0 Å². The van der Waals surface area contributed by atoms with Gasteiger partial charge in [0.15, 0.2) is 0 Å². The number of likely N-dealkylation sites (N-methyl/N-ethyl adjacent to an activating group) is 1. The minimum absolute atomic E-state index is 0.125. The minimum atomic E-state index is -0.365. The number of hydrogen-bond donors (Lipinski definition) is 0. The molecule has 3 rings (SSSR count). The summed E-state index contributed by atoms with van der Waals surface area (Å²) in [4.78, 5) is 29.8. The number of hydrogen-bond acceptors (Lipinski definition) is 5. The standard InChI is InChI=1S/C17H24N4O3/c1-13-12-14(5-6-15(13)21(23)24)20-7-3-4-16(20)17(22)19-10-8-18(2)9-11-19/h5-6,12,16H,3-4,7-11H2,1-2H3. The normalized spacial score (nSPS) is 22.0. The van der Waals surface area contributed by atoms with Crippen LogP contribution < -0.4 is 4.90 Å². The summed E-state index contributed by atoms with van der Waals surface area (Å²) in [7, 11) is 2.07. The van der Waals surface area contributed by atoms with Gasteiger partial charge in [-0.05, 0) is 38.9 Å².